The number of nitrogens with one attached hydrogen (secondary N) is 1. The third-order valence-corrected chi connectivity index (χ3v) is 5.20. The summed E-state index contributed by atoms with van der Waals surface area (Å²) in [6.07, 6.45) is -0.245. The largest absolute Gasteiger partial charge is 0.483 e. The van der Waals surface area contributed by atoms with Crippen LogP contribution in [0.15, 0.2) is 59.8 Å². The molecule has 3 rings (SSSR count). The second-order valence-corrected chi connectivity index (χ2v) is 7.25. The Hall–Kier alpha value is -2.80. The number of para-hydroxylation sites is 2. The highest BCUT2D eigenvalue weighted by Gasteiger charge is 2.19. The highest BCUT2D eigenvalue weighted by Crippen LogP contribution is 2.24. The average molecular weight is 397 g/mol. The summed E-state index contributed by atoms with van der Waals surface area (Å²) in [7, 11) is 0. The summed E-state index contributed by atoms with van der Waals surface area (Å²) >= 11 is 1.37. The number of carbonyl (C=O) groups excluding carboxylic acids is 1. The van der Waals surface area contributed by atoms with Crippen LogP contribution in [-0.2, 0) is 11.3 Å². The van der Waals surface area contributed by atoms with Crippen LogP contribution in [-0.4, -0.2) is 26.4 Å². The van der Waals surface area contributed by atoms with Crippen molar-refractivity contribution in [1.82, 2.24) is 14.8 Å². The standard InChI is InChI=1S/C21H24N4O2S/c1-4-25-20(16(3)27-17-11-6-5-7-12-17)23-24-21(25)28-14-19(26)22-18-13-9-8-10-15(18)2/h5-13,16H,4,14H2,1-3H3,(H,22,26)/t16-/m1/s1. The molecule has 0 spiro atoms. The van der Waals surface area contributed by atoms with Crippen molar-refractivity contribution in [3.8, 4) is 5.75 Å². The van der Waals surface area contributed by atoms with E-state index in [9.17, 15) is 4.79 Å². The molecule has 0 radical (unpaired) electrons. The lowest BCUT2D eigenvalue weighted by Crippen LogP contribution is -2.16. The number of rotatable bonds is 8. The van der Waals surface area contributed by atoms with E-state index in [0.29, 0.717) is 11.7 Å². The first kappa shape index (κ1) is 19.9. The highest BCUT2D eigenvalue weighted by molar-refractivity contribution is 7.99. The van der Waals surface area contributed by atoms with Crippen molar-refractivity contribution in [1.29, 1.82) is 0 Å². The Morgan fingerprint density at radius 3 is 2.57 bits per heavy atom. The van der Waals surface area contributed by atoms with Crippen LogP contribution in [0.1, 0.15) is 31.3 Å². The molecule has 0 aliphatic carbocycles. The molecule has 0 fully saturated rings. The molecule has 1 amide bonds. The fourth-order valence-corrected chi connectivity index (χ4v) is 3.60. The van der Waals surface area contributed by atoms with E-state index in [4.69, 9.17) is 4.74 Å². The number of benzene rings is 2. The lowest BCUT2D eigenvalue weighted by Gasteiger charge is -2.15. The minimum absolute atomic E-state index is 0.0694. The summed E-state index contributed by atoms with van der Waals surface area (Å²) < 4.78 is 7.95. The predicted octanol–water partition coefficient (Wildman–Crippen LogP) is 4.48. The van der Waals surface area contributed by atoms with Crippen molar-refractivity contribution in [2.75, 3.05) is 11.1 Å². The van der Waals surface area contributed by atoms with Crippen molar-refractivity contribution in [2.24, 2.45) is 0 Å². The zero-order valence-corrected chi connectivity index (χ0v) is 17.1. The van der Waals surface area contributed by atoms with E-state index < -0.39 is 0 Å². The first-order valence-corrected chi connectivity index (χ1v) is 10.2. The monoisotopic (exact) mass is 396 g/mol. The van der Waals surface area contributed by atoms with Crippen LogP contribution >= 0.6 is 11.8 Å². The van der Waals surface area contributed by atoms with E-state index in [2.05, 4.69) is 15.5 Å². The van der Waals surface area contributed by atoms with Crippen molar-refractivity contribution < 1.29 is 9.53 Å². The highest BCUT2D eigenvalue weighted by atomic mass is 32.2. The van der Waals surface area contributed by atoms with Crippen LogP contribution in [0.3, 0.4) is 0 Å². The van der Waals surface area contributed by atoms with Gasteiger partial charge in [0.1, 0.15) is 5.75 Å². The minimum atomic E-state index is -0.245. The molecule has 28 heavy (non-hydrogen) atoms. The second-order valence-electron chi connectivity index (χ2n) is 6.31. The molecule has 146 valence electrons. The number of hydrogen-bond donors (Lipinski definition) is 1. The first-order valence-electron chi connectivity index (χ1n) is 9.21. The smallest absolute Gasteiger partial charge is 0.234 e. The van der Waals surface area contributed by atoms with Gasteiger partial charge < -0.3 is 14.6 Å². The number of thioether (sulfide) groups is 1. The fraction of sp³-hybridized carbons (Fsp3) is 0.286. The van der Waals surface area contributed by atoms with E-state index in [0.717, 1.165) is 22.8 Å². The Balaban J connectivity index is 1.63. The summed E-state index contributed by atoms with van der Waals surface area (Å²) in [5.74, 6) is 1.72. The maximum Gasteiger partial charge on any atom is 0.234 e. The Morgan fingerprint density at radius 2 is 1.86 bits per heavy atom. The van der Waals surface area contributed by atoms with Gasteiger partial charge in [-0.3, -0.25) is 4.79 Å². The van der Waals surface area contributed by atoms with E-state index in [1.54, 1.807) is 0 Å². The van der Waals surface area contributed by atoms with Gasteiger partial charge in [0.15, 0.2) is 17.1 Å². The van der Waals surface area contributed by atoms with Gasteiger partial charge in [-0.25, -0.2) is 0 Å². The number of anilines is 1. The topological polar surface area (TPSA) is 69.0 Å². The molecular weight excluding hydrogens is 372 g/mol. The van der Waals surface area contributed by atoms with Gasteiger partial charge in [0.05, 0.1) is 5.75 Å². The number of ether oxygens (including phenoxy) is 1. The molecule has 3 aromatic rings. The van der Waals surface area contributed by atoms with Crippen LogP contribution in [0.5, 0.6) is 5.75 Å². The normalized spacial score (nSPS) is 11.8. The molecule has 1 N–H and O–H groups in total. The van der Waals surface area contributed by atoms with Gasteiger partial charge in [-0.05, 0) is 44.5 Å². The van der Waals surface area contributed by atoms with Crippen LogP contribution in [0.4, 0.5) is 5.69 Å². The van der Waals surface area contributed by atoms with Gasteiger partial charge in [0.25, 0.3) is 0 Å². The lowest BCUT2D eigenvalue weighted by molar-refractivity contribution is -0.113. The van der Waals surface area contributed by atoms with Crippen LogP contribution in [0.25, 0.3) is 0 Å². The van der Waals surface area contributed by atoms with Gasteiger partial charge in [-0.15, -0.1) is 10.2 Å². The van der Waals surface area contributed by atoms with Gasteiger partial charge in [0.2, 0.25) is 5.91 Å². The molecular formula is C21H24N4O2S. The Bertz CT molecular complexity index is 927. The third kappa shape index (κ3) is 4.92. The molecule has 6 nitrogen and oxygen atoms in total. The summed E-state index contributed by atoms with van der Waals surface area (Å²) in [4.78, 5) is 12.3. The summed E-state index contributed by atoms with van der Waals surface area (Å²) in [5.41, 5.74) is 1.86. The summed E-state index contributed by atoms with van der Waals surface area (Å²) in [6, 6.07) is 17.4. The quantitative estimate of drug-likeness (QED) is 0.569. The van der Waals surface area contributed by atoms with Crippen molar-refractivity contribution >= 4 is 23.4 Å². The third-order valence-electron chi connectivity index (χ3n) is 4.23. The van der Waals surface area contributed by atoms with E-state index >= 15 is 0 Å². The summed E-state index contributed by atoms with van der Waals surface area (Å²) in [6.45, 7) is 6.64. The van der Waals surface area contributed by atoms with Crippen molar-refractivity contribution in [2.45, 2.75) is 38.6 Å². The number of amides is 1. The van der Waals surface area contributed by atoms with Gasteiger partial charge in [0, 0.05) is 12.2 Å². The number of aromatic nitrogens is 3. The molecule has 0 aliphatic rings. The number of nitrogens with zero attached hydrogens (tertiary/aromatic N) is 3. The molecule has 2 aromatic carbocycles. The second kappa shape index (κ2) is 9.41. The maximum atomic E-state index is 12.3. The number of carbonyl (C=O) groups is 1. The Morgan fingerprint density at radius 1 is 1.14 bits per heavy atom. The van der Waals surface area contributed by atoms with Gasteiger partial charge >= 0.3 is 0 Å². The van der Waals surface area contributed by atoms with Crippen LogP contribution in [0.2, 0.25) is 0 Å². The van der Waals surface area contributed by atoms with Crippen LogP contribution in [0, 0.1) is 6.92 Å². The Labute approximate surface area is 169 Å². The first-order chi connectivity index (χ1) is 13.6. The zero-order valence-electron chi connectivity index (χ0n) is 16.3. The van der Waals surface area contributed by atoms with Crippen molar-refractivity contribution in [3.63, 3.8) is 0 Å². The fourth-order valence-electron chi connectivity index (χ4n) is 2.79. The predicted molar refractivity (Wildman–Crippen MR) is 112 cm³/mol. The van der Waals surface area contributed by atoms with Crippen molar-refractivity contribution in [3.05, 3.63) is 66.0 Å². The summed E-state index contributed by atoms with van der Waals surface area (Å²) in [5, 5.41) is 12.2. The zero-order chi connectivity index (χ0) is 19.9. The SMILES string of the molecule is CCn1c(SCC(=O)Nc2ccccc2C)nnc1[C@@H](C)Oc1ccccc1. The van der Waals surface area contributed by atoms with E-state index in [1.165, 1.54) is 11.8 Å². The minimum Gasteiger partial charge on any atom is -0.483 e. The molecule has 0 bridgehead atoms. The molecule has 0 saturated heterocycles. The average Bonchev–Trinajstić information content (AvgIpc) is 3.12. The number of hydrogen-bond acceptors (Lipinski definition) is 5. The molecule has 0 saturated carbocycles. The van der Waals surface area contributed by atoms with Gasteiger partial charge in [-0.1, -0.05) is 48.2 Å². The molecule has 7 heteroatoms. The Kier molecular flexibility index (Phi) is 6.71. The molecule has 0 aliphatic heterocycles. The van der Waals surface area contributed by atoms with E-state index in [1.807, 2.05) is 79.9 Å². The molecule has 0 unspecified atom stereocenters. The maximum absolute atomic E-state index is 12.3. The molecule has 1 aromatic heterocycles. The molecule has 1 heterocycles. The lowest BCUT2D eigenvalue weighted by atomic mass is 10.2. The van der Waals surface area contributed by atoms with Crippen LogP contribution < -0.4 is 10.1 Å². The van der Waals surface area contributed by atoms with E-state index in [-0.39, 0.29) is 17.8 Å². The number of aryl methyl sites for hydroxylation is 1. The van der Waals surface area contributed by atoms with Gasteiger partial charge in [-0.2, -0.15) is 0 Å². The molecule has 1 atom stereocenters.